The van der Waals surface area contributed by atoms with Crippen LogP contribution in [0, 0.1) is 11.3 Å². The number of nitrogens with one attached hydrogen (secondary N) is 1. The monoisotopic (exact) mass is 315 g/mol. The fourth-order valence-corrected chi connectivity index (χ4v) is 2.84. The summed E-state index contributed by atoms with van der Waals surface area (Å²) >= 11 is 0. The normalized spacial score (nSPS) is 17.3. The van der Waals surface area contributed by atoms with E-state index in [2.05, 4.69) is 60.9 Å². The molecule has 1 fully saturated rings. The molecule has 2 heterocycles. The first-order valence-corrected chi connectivity index (χ1v) is 8.42. The molecule has 23 heavy (non-hydrogen) atoms. The molecule has 0 bridgehead atoms. The Balaban J connectivity index is 2.07. The molecule has 1 aliphatic rings. The van der Waals surface area contributed by atoms with Gasteiger partial charge in [0.05, 0.1) is 5.56 Å². The van der Waals surface area contributed by atoms with Crippen LogP contribution in [-0.2, 0) is 0 Å². The second kappa shape index (κ2) is 7.29. The van der Waals surface area contributed by atoms with Crippen molar-refractivity contribution >= 4 is 5.82 Å². The Morgan fingerprint density at radius 1 is 1.26 bits per heavy atom. The van der Waals surface area contributed by atoms with Gasteiger partial charge in [-0.2, -0.15) is 5.26 Å². The van der Waals surface area contributed by atoms with Crippen LogP contribution in [0.25, 0.3) is 0 Å². The van der Waals surface area contributed by atoms with Gasteiger partial charge >= 0.3 is 0 Å². The van der Waals surface area contributed by atoms with E-state index in [0.717, 1.165) is 38.4 Å². The molecule has 1 N–H and O–H groups in total. The molecule has 5 nitrogen and oxygen atoms in total. The largest absolute Gasteiger partial charge is 0.367 e. The van der Waals surface area contributed by atoms with Gasteiger partial charge in [0.2, 0.25) is 0 Å². The molecule has 0 aromatic carbocycles. The van der Waals surface area contributed by atoms with Crippen LogP contribution in [0.2, 0.25) is 0 Å². The van der Waals surface area contributed by atoms with Crippen LogP contribution in [0.3, 0.4) is 0 Å². The van der Waals surface area contributed by atoms with Gasteiger partial charge in [0.25, 0.3) is 0 Å². The number of anilines is 1. The summed E-state index contributed by atoms with van der Waals surface area (Å²) in [5.41, 5.74) is 1.66. The quantitative estimate of drug-likeness (QED) is 0.905. The van der Waals surface area contributed by atoms with Gasteiger partial charge in [-0.1, -0.05) is 13.8 Å². The van der Waals surface area contributed by atoms with Crippen molar-refractivity contribution < 1.29 is 0 Å². The second-order valence-corrected chi connectivity index (χ2v) is 7.36. The van der Waals surface area contributed by atoms with E-state index in [1.165, 1.54) is 0 Å². The summed E-state index contributed by atoms with van der Waals surface area (Å²) in [4.78, 5) is 9.52. The lowest BCUT2D eigenvalue weighted by Crippen LogP contribution is -2.56. The van der Waals surface area contributed by atoms with Crippen molar-refractivity contribution in [2.24, 2.45) is 0 Å². The van der Waals surface area contributed by atoms with Gasteiger partial charge in [0, 0.05) is 44.0 Å². The first-order chi connectivity index (χ1) is 10.8. The third kappa shape index (κ3) is 4.43. The number of pyridine rings is 1. The highest BCUT2D eigenvalue weighted by atomic mass is 15.3. The minimum atomic E-state index is 0.0313. The van der Waals surface area contributed by atoms with E-state index in [1.807, 2.05) is 12.1 Å². The van der Waals surface area contributed by atoms with Crippen molar-refractivity contribution in [3.8, 4) is 6.07 Å². The molecule has 0 amide bonds. The van der Waals surface area contributed by atoms with Crippen LogP contribution in [0.1, 0.15) is 44.9 Å². The maximum Gasteiger partial charge on any atom is 0.144 e. The van der Waals surface area contributed by atoms with E-state index in [-0.39, 0.29) is 5.54 Å². The van der Waals surface area contributed by atoms with Gasteiger partial charge in [-0.15, -0.1) is 0 Å². The lowest BCUT2D eigenvalue weighted by Gasteiger charge is -2.43. The van der Waals surface area contributed by atoms with Gasteiger partial charge in [-0.3, -0.25) is 4.90 Å². The average Bonchev–Trinajstić information content (AvgIpc) is 2.53. The van der Waals surface area contributed by atoms with E-state index >= 15 is 0 Å². The Morgan fingerprint density at radius 3 is 2.48 bits per heavy atom. The number of nitriles is 1. The van der Waals surface area contributed by atoms with Crippen LogP contribution in [-0.4, -0.2) is 60.1 Å². The van der Waals surface area contributed by atoms with Crippen molar-refractivity contribution in [2.45, 2.75) is 39.2 Å². The summed E-state index contributed by atoms with van der Waals surface area (Å²) in [5.74, 6) is 1.06. The number of piperazine rings is 1. The number of hydrogen-bond acceptors (Lipinski definition) is 5. The zero-order valence-corrected chi connectivity index (χ0v) is 15.1. The third-order valence-corrected chi connectivity index (χ3v) is 4.68. The summed E-state index contributed by atoms with van der Waals surface area (Å²) < 4.78 is 0. The molecule has 0 saturated carbocycles. The highest BCUT2D eigenvalue weighted by molar-refractivity contribution is 5.52. The third-order valence-electron chi connectivity index (χ3n) is 4.68. The van der Waals surface area contributed by atoms with Gasteiger partial charge in [-0.25, -0.2) is 4.98 Å². The number of hydrogen-bond donors (Lipinski definition) is 1. The summed E-state index contributed by atoms with van der Waals surface area (Å²) in [6, 6.07) is 6.05. The first-order valence-electron chi connectivity index (χ1n) is 8.42. The lowest BCUT2D eigenvalue weighted by molar-refractivity contribution is 0.0698. The van der Waals surface area contributed by atoms with Gasteiger partial charge < -0.3 is 10.2 Å². The van der Waals surface area contributed by atoms with Crippen LogP contribution < -0.4 is 5.32 Å². The zero-order valence-electron chi connectivity index (χ0n) is 15.1. The molecule has 2 rings (SSSR count). The van der Waals surface area contributed by atoms with Crippen LogP contribution in [0.5, 0.6) is 0 Å². The van der Waals surface area contributed by atoms with Crippen molar-refractivity contribution in [1.82, 2.24) is 14.8 Å². The molecular weight excluding hydrogens is 286 g/mol. The molecule has 1 aliphatic heterocycles. The highest BCUT2D eigenvalue weighted by Gasteiger charge is 2.29. The maximum absolute atomic E-state index is 9.31. The average molecular weight is 315 g/mol. The summed E-state index contributed by atoms with van der Waals surface area (Å²) in [7, 11) is 2.17. The van der Waals surface area contributed by atoms with Crippen molar-refractivity contribution in [3.05, 3.63) is 23.4 Å². The number of aromatic nitrogens is 1. The predicted octanol–water partition coefficient (Wildman–Crippen LogP) is 2.51. The van der Waals surface area contributed by atoms with Crippen molar-refractivity contribution in [2.75, 3.05) is 45.1 Å². The molecule has 5 heteroatoms. The van der Waals surface area contributed by atoms with E-state index in [0.29, 0.717) is 17.3 Å². The minimum absolute atomic E-state index is 0.0313. The molecule has 1 saturated heterocycles. The lowest BCUT2D eigenvalue weighted by atomic mass is 10.0. The first kappa shape index (κ1) is 17.7. The summed E-state index contributed by atoms with van der Waals surface area (Å²) in [5, 5.41) is 12.7. The number of nitrogens with zero attached hydrogens (tertiary/aromatic N) is 4. The molecule has 1 aromatic rings. The fourth-order valence-electron chi connectivity index (χ4n) is 2.84. The van der Waals surface area contributed by atoms with Crippen LogP contribution >= 0.6 is 0 Å². The Labute approximate surface area is 140 Å². The van der Waals surface area contributed by atoms with Crippen molar-refractivity contribution in [1.29, 1.82) is 5.26 Å². The van der Waals surface area contributed by atoms with E-state index in [9.17, 15) is 5.26 Å². The van der Waals surface area contributed by atoms with E-state index < -0.39 is 0 Å². The number of rotatable bonds is 5. The Kier molecular flexibility index (Phi) is 5.61. The SMILES string of the molecule is CC(C)c1ccc(C#N)c(NCC(C)(C)N2CCN(C)CC2)n1. The molecule has 0 atom stereocenters. The van der Waals surface area contributed by atoms with Crippen LogP contribution in [0.4, 0.5) is 5.82 Å². The molecule has 126 valence electrons. The van der Waals surface area contributed by atoms with Gasteiger partial charge in [-0.05, 0) is 38.9 Å². The Bertz CT molecular complexity index is 565. The smallest absolute Gasteiger partial charge is 0.144 e. The molecule has 0 spiro atoms. The fraction of sp³-hybridized carbons (Fsp3) is 0.667. The Morgan fingerprint density at radius 2 is 1.91 bits per heavy atom. The van der Waals surface area contributed by atoms with Crippen molar-refractivity contribution in [3.63, 3.8) is 0 Å². The summed E-state index contributed by atoms with van der Waals surface area (Å²) in [6.07, 6.45) is 0. The number of likely N-dealkylation sites (N-methyl/N-ethyl adjacent to an activating group) is 1. The second-order valence-electron chi connectivity index (χ2n) is 7.36. The maximum atomic E-state index is 9.31. The zero-order chi connectivity index (χ0) is 17.0. The van der Waals surface area contributed by atoms with Gasteiger partial charge in [0.1, 0.15) is 11.9 Å². The summed E-state index contributed by atoms with van der Waals surface area (Å²) in [6.45, 7) is 13.9. The molecule has 1 aromatic heterocycles. The molecule has 0 unspecified atom stereocenters. The minimum Gasteiger partial charge on any atom is -0.367 e. The molecular formula is C18H29N5. The highest BCUT2D eigenvalue weighted by Crippen LogP contribution is 2.21. The predicted molar refractivity (Wildman–Crippen MR) is 94.7 cm³/mol. The van der Waals surface area contributed by atoms with E-state index in [1.54, 1.807) is 0 Å². The van der Waals surface area contributed by atoms with Gasteiger partial charge in [0.15, 0.2) is 0 Å². The topological polar surface area (TPSA) is 55.2 Å². The molecule has 0 aliphatic carbocycles. The standard InChI is InChI=1S/C18H29N5/c1-14(2)16-7-6-15(12-19)17(21-16)20-13-18(3,4)23-10-8-22(5)9-11-23/h6-7,14H,8-11,13H2,1-5H3,(H,20,21). The molecule has 0 radical (unpaired) electrons. The van der Waals surface area contributed by atoms with E-state index in [4.69, 9.17) is 0 Å². The Hall–Kier alpha value is -1.64. The van der Waals surface area contributed by atoms with Crippen LogP contribution in [0.15, 0.2) is 12.1 Å².